The smallest absolute Gasteiger partial charge is 0.408 e. The van der Waals surface area contributed by atoms with E-state index < -0.39 is 35.2 Å². The normalized spacial score (nSPS) is 14.5. The van der Waals surface area contributed by atoms with E-state index in [1.54, 1.807) is 50.8 Å². The molecule has 3 amide bonds. The predicted molar refractivity (Wildman–Crippen MR) is 156 cm³/mol. The first-order valence-electron chi connectivity index (χ1n) is 14.2. The third-order valence-corrected chi connectivity index (χ3v) is 6.18. The lowest BCUT2D eigenvalue weighted by molar-refractivity contribution is -0.146. The second-order valence-electron chi connectivity index (χ2n) is 13.5. The van der Waals surface area contributed by atoms with Crippen LogP contribution in [0.15, 0.2) is 18.2 Å². The number of benzene rings is 1. The largest absolute Gasteiger partial charge is 0.507 e. The summed E-state index contributed by atoms with van der Waals surface area (Å²) in [7, 11) is 0. The second-order valence-corrected chi connectivity index (χ2v) is 13.5. The van der Waals surface area contributed by atoms with E-state index in [4.69, 9.17) is 4.74 Å². The summed E-state index contributed by atoms with van der Waals surface area (Å²) >= 11 is 0. The van der Waals surface area contributed by atoms with Gasteiger partial charge >= 0.3 is 6.09 Å². The van der Waals surface area contributed by atoms with Gasteiger partial charge in [-0.05, 0) is 92.1 Å². The van der Waals surface area contributed by atoms with Crippen LogP contribution in [0.25, 0.3) is 0 Å². The fourth-order valence-corrected chi connectivity index (χ4v) is 4.39. The molecule has 0 aliphatic rings. The summed E-state index contributed by atoms with van der Waals surface area (Å²) < 4.78 is 5.47. The summed E-state index contributed by atoms with van der Waals surface area (Å²) in [6.45, 7) is 22.8. The second kappa shape index (κ2) is 14.0. The first-order valence-corrected chi connectivity index (χ1v) is 14.2. The maximum atomic E-state index is 14.4. The van der Waals surface area contributed by atoms with E-state index in [0.717, 1.165) is 6.42 Å². The number of phenols is 1. The Morgan fingerprint density at radius 1 is 0.949 bits per heavy atom. The third-order valence-electron chi connectivity index (χ3n) is 6.18. The number of nitrogens with one attached hydrogen (secondary N) is 2. The molecule has 0 spiro atoms. The summed E-state index contributed by atoms with van der Waals surface area (Å²) in [5.74, 6) is -0.337. The van der Waals surface area contributed by atoms with Crippen molar-refractivity contribution in [2.24, 2.45) is 11.8 Å². The maximum Gasteiger partial charge on any atom is 0.408 e. The van der Waals surface area contributed by atoms with Crippen LogP contribution in [0.2, 0.25) is 0 Å². The molecule has 1 rings (SSSR count). The Balaban J connectivity index is 3.75. The van der Waals surface area contributed by atoms with Crippen LogP contribution in [0.4, 0.5) is 4.79 Å². The third kappa shape index (κ3) is 11.5. The van der Waals surface area contributed by atoms with Gasteiger partial charge in [-0.15, -0.1) is 0 Å². The molecule has 39 heavy (non-hydrogen) atoms. The van der Waals surface area contributed by atoms with E-state index in [-0.39, 0.29) is 23.6 Å². The van der Waals surface area contributed by atoms with Gasteiger partial charge in [-0.2, -0.15) is 0 Å². The van der Waals surface area contributed by atoms with Crippen molar-refractivity contribution in [2.45, 2.75) is 132 Å². The molecule has 8 heteroatoms. The summed E-state index contributed by atoms with van der Waals surface area (Å²) in [5.41, 5.74) is -0.352. The summed E-state index contributed by atoms with van der Waals surface area (Å²) in [4.78, 5) is 42.7. The predicted octanol–water partition coefficient (Wildman–Crippen LogP) is 6.25. The van der Waals surface area contributed by atoms with E-state index in [0.29, 0.717) is 29.9 Å². The van der Waals surface area contributed by atoms with Gasteiger partial charge in [0.15, 0.2) is 0 Å². The van der Waals surface area contributed by atoms with Crippen LogP contribution in [0, 0.1) is 18.8 Å². The Bertz CT molecular complexity index is 975. The van der Waals surface area contributed by atoms with E-state index in [1.807, 2.05) is 41.5 Å². The Morgan fingerprint density at radius 3 is 2.03 bits per heavy atom. The van der Waals surface area contributed by atoms with E-state index in [2.05, 4.69) is 24.5 Å². The number of hydrogen-bond acceptors (Lipinski definition) is 5. The molecule has 3 atom stereocenters. The molecule has 0 aromatic heterocycles. The Hall–Kier alpha value is -2.77. The first kappa shape index (κ1) is 34.3. The molecule has 1 aromatic carbocycles. The minimum absolute atomic E-state index is 0.0269. The molecule has 0 bridgehead atoms. The number of alkyl carbamates (subject to hydrolysis) is 1. The van der Waals surface area contributed by atoms with Gasteiger partial charge in [-0.3, -0.25) is 9.59 Å². The number of amides is 3. The summed E-state index contributed by atoms with van der Waals surface area (Å²) in [5, 5.41) is 16.9. The van der Waals surface area contributed by atoms with Crippen LogP contribution in [0.5, 0.6) is 5.75 Å². The summed E-state index contributed by atoms with van der Waals surface area (Å²) in [6, 6.07) is 2.84. The molecule has 1 aromatic rings. The Morgan fingerprint density at radius 2 is 1.54 bits per heavy atom. The molecule has 0 radical (unpaired) electrons. The number of para-hydroxylation sites is 1. The standard InChI is InChI=1S/C31H53N3O5/c1-19(2)16-17-22(6)34(28(37)24(18-20(3)4)32-29(38)39-31(10,11)12)25(27(36)33-30(7,8)9)23-15-13-14-21(5)26(23)35/h13-15,19-20,22,24-25,35H,16-18H2,1-12H3,(H,32,38)(H,33,36). The number of carbonyl (C=O) groups is 3. The Kier molecular flexibility index (Phi) is 12.3. The zero-order valence-corrected chi connectivity index (χ0v) is 26.3. The molecule has 0 heterocycles. The van der Waals surface area contributed by atoms with Crippen molar-refractivity contribution in [3.8, 4) is 5.75 Å². The lowest BCUT2D eigenvalue weighted by Crippen LogP contribution is -2.57. The molecule has 8 nitrogen and oxygen atoms in total. The van der Waals surface area contributed by atoms with Crippen molar-refractivity contribution >= 4 is 17.9 Å². The molecular formula is C31H53N3O5. The number of ether oxygens (including phenoxy) is 1. The van der Waals surface area contributed by atoms with Crippen LogP contribution in [0.3, 0.4) is 0 Å². The zero-order valence-electron chi connectivity index (χ0n) is 26.3. The highest BCUT2D eigenvalue weighted by atomic mass is 16.6. The SMILES string of the molecule is Cc1cccc(C(C(=O)NC(C)(C)C)N(C(=O)C(CC(C)C)NC(=O)OC(C)(C)C)C(C)CCC(C)C)c1O. The number of aromatic hydroxyl groups is 1. The number of nitrogens with zero attached hydrogens (tertiary/aromatic N) is 1. The van der Waals surface area contributed by atoms with Gasteiger partial charge in [-0.1, -0.05) is 45.9 Å². The van der Waals surface area contributed by atoms with Crippen LogP contribution >= 0.6 is 0 Å². The van der Waals surface area contributed by atoms with Crippen molar-refractivity contribution in [1.29, 1.82) is 0 Å². The molecule has 0 saturated carbocycles. The average molecular weight is 548 g/mol. The number of phenolic OH excluding ortho intramolecular Hbond substituents is 1. The van der Waals surface area contributed by atoms with E-state index in [9.17, 15) is 19.5 Å². The lowest BCUT2D eigenvalue weighted by Gasteiger charge is -2.40. The molecule has 0 saturated heterocycles. The van der Waals surface area contributed by atoms with Crippen molar-refractivity contribution in [1.82, 2.24) is 15.5 Å². The van der Waals surface area contributed by atoms with Gasteiger partial charge in [-0.25, -0.2) is 4.79 Å². The highest BCUT2D eigenvalue weighted by molar-refractivity contribution is 5.93. The minimum atomic E-state index is -1.10. The fourth-order valence-electron chi connectivity index (χ4n) is 4.39. The molecule has 222 valence electrons. The molecule has 0 aliphatic heterocycles. The minimum Gasteiger partial charge on any atom is -0.507 e. The van der Waals surface area contributed by atoms with Gasteiger partial charge in [0.1, 0.15) is 23.4 Å². The monoisotopic (exact) mass is 547 g/mol. The quantitative estimate of drug-likeness (QED) is 0.304. The van der Waals surface area contributed by atoms with Crippen molar-refractivity contribution in [3.63, 3.8) is 0 Å². The van der Waals surface area contributed by atoms with Crippen molar-refractivity contribution in [3.05, 3.63) is 29.3 Å². The van der Waals surface area contributed by atoms with E-state index in [1.165, 1.54) is 0 Å². The van der Waals surface area contributed by atoms with Crippen LogP contribution in [-0.2, 0) is 14.3 Å². The number of aryl methyl sites for hydroxylation is 1. The molecular weight excluding hydrogens is 494 g/mol. The zero-order chi connectivity index (χ0) is 30.3. The van der Waals surface area contributed by atoms with Gasteiger partial charge < -0.3 is 25.4 Å². The number of hydrogen-bond donors (Lipinski definition) is 3. The molecule has 3 unspecified atom stereocenters. The number of rotatable bonds is 11. The van der Waals surface area contributed by atoms with Crippen LogP contribution in [0.1, 0.15) is 113 Å². The topological polar surface area (TPSA) is 108 Å². The van der Waals surface area contributed by atoms with Crippen molar-refractivity contribution in [2.75, 3.05) is 0 Å². The maximum absolute atomic E-state index is 14.4. The highest BCUT2D eigenvalue weighted by Gasteiger charge is 2.41. The van der Waals surface area contributed by atoms with E-state index >= 15 is 0 Å². The molecule has 3 N–H and O–H groups in total. The first-order chi connectivity index (χ1) is 17.7. The molecule has 0 aliphatic carbocycles. The number of carbonyl (C=O) groups excluding carboxylic acids is 3. The van der Waals surface area contributed by atoms with Gasteiger partial charge in [0, 0.05) is 17.1 Å². The van der Waals surface area contributed by atoms with Crippen LogP contribution < -0.4 is 10.6 Å². The Labute approximate surface area is 236 Å². The van der Waals surface area contributed by atoms with Crippen molar-refractivity contribution < 1.29 is 24.2 Å². The fraction of sp³-hybridized carbons (Fsp3) is 0.710. The van der Waals surface area contributed by atoms with Gasteiger partial charge in [0.2, 0.25) is 11.8 Å². The summed E-state index contributed by atoms with van der Waals surface area (Å²) in [6.07, 6.45) is 1.16. The van der Waals surface area contributed by atoms with Crippen LogP contribution in [-0.4, -0.2) is 51.1 Å². The highest BCUT2D eigenvalue weighted by Crippen LogP contribution is 2.35. The molecule has 0 fully saturated rings. The lowest BCUT2D eigenvalue weighted by atomic mass is 9.93. The van der Waals surface area contributed by atoms with Gasteiger partial charge in [0.05, 0.1) is 0 Å². The average Bonchev–Trinajstić information content (AvgIpc) is 2.74. The van der Waals surface area contributed by atoms with Gasteiger partial charge in [0.25, 0.3) is 0 Å².